The van der Waals surface area contributed by atoms with Crippen molar-refractivity contribution in [3.63, 3.8) is 0 Å². The Morgan fingerprint density at radius 3 is 2.47 bits per heavy atom. The standard InChI is InChI=1S/C24H19NO4S/c26-24(25-21-12-11-17-10-9-16-5-4-8-20(21)22(16)17)23-18(13-14-29-23)15-30(27,28)19-6-2-1-3-7-19/h1-8,11-14H,9-10,15H2,(H,25,26). The van der Waals surface area contributed by atoms with Crippen molar-refractivity contribution in [2.45, 2.75) is 23.5 Å². The van der Waals surface area contributed by atoms with Crippen LogP contribution in [-0.2, 0) is 28.4 Å². The van der Waals surface area contributed by atoms with Crippen LogP contribution in [0.1, 0.15) is 27.2 Å². The average Bonchev–Trinajstić information content (AvgIpc) is 3.38. The first-order valence-corrected chi connectivity index (χ1v) is 11.4. The Kier molecular flexibility index (Phi) is 4.44. The Morgan fingerprint density at radius 2 is 1.67 bits per heavy atom. The fourth-order valence-electron chi connectivity index (χ4n) is 4.10. The molecule has 0 unspecified atom stereocenters. The smallest absolute Gasteiger partial charge is 0.291 e. The van der Waals surface area contributed by atoms with Crippen LogP contribution >= 0.6 is 0 Å². The highest BCUT2D eigenvalue weighted by Gasteiger charge is 2.23. The lowest BCUT2D eigenvalue weighted by atomic mass is 10.0. The van der Waals surface area contributed by atoms with Crippen molar-refractivity contribution >= 4 is 32.2 Å². The first-order valence-electron chi connectivity index (χ1n) is 9.72. The van der Waals surface area contributed by atoms with Crippen LogP contribution in [0.5, 0.6) is 0 Å². The molecule has 1 aliphatic carbocycles. The summed E-state index contributed by atoms with van der Waals surface area (Å²) in [6, 6.07) is 19.8. The van der Waals surface area contributed by atoms with Crippen molar-refractivity contribution in [3.05, 3.63) is 95.4 Å². The summed E-state index contributed by atoms with van der Waals surface area (Å²) in [6.07, 6.45) is 3.35. The van der Waals surface area contributed by atoms with Gasteiger partial charge in [-0.25, -0.2) is 8.42 Å². The van der Waals surface area contributed by atoms with E-state index < -0.39 is 15.7 Å². The third-order valence-corrected chi connectivity index (χ3v) is 7.21. The number of anilines is 1. The van der Waals surface area contributed by atoms with Crippen molar-refractivity contribution < 1.29 is 17.6 Å². The number of carbonyl (C=O) groups is 1. The Hall–Kier alpha value is -3.38. The Bertz CT molecular complexity index is 1360. The first-order chi connectivity index (χ1) is 14.5. The zero-order valence-corrected chi connectivity index (χ0v) is 16.9. The van der Waals surface area contributed by atoms with Gasteiger partial charge in [-0.3, -0.25) is 4.79 Å². The van der Waals surface area contributed by atoms with E-state index in [1.54, 1.807) is 30.3 Å². The van der Waals surface area contributed by atoms with E-state index in [1.807, 2.05) is 24.3 Å². The van der Waals surface area contributed by atoms with Crippen molar-refractivity contribution in [3.8, 4) is 0 Å². The van der Waals surface area contributed by atoms with Crippen molar-refractivity contribution in [1.82, 2.24) is 0 Å². The summed E-state index contributed by atoms with van der Waals surface area (Å²) >= 11 is 0. The average molecular weight is 417 g/mol. The molecule has 4 aromatic rings. The van der Waals surface area contributed by atoms with E-state index in [0.717, 1.165) is 18.2 Å². The lowest BCUT2D eigenvalue weighted by Gasteiger charge is -2.11. The molecule has 150 valence electrons. The molecule has 1 aliphatic rings. The maximum atomic E-state index is 12.9. The predicted molar refractivity (Wildman–Crippen MR) is 115 cm³/mol. The number of nitrogens with one attached hydrogen (secondary N) is 1. The van der Waals surface area contributed by atoms with E-state index in [1.165, 1.54) is 28.8 Å². The highest BCUT2D eigenvalue weighted by atomic mass is 32.2. The maximum absolute atomic E-state index is 12.9. The van der Waals surface area contributed by atoms with Gasteiger partial charge in [0, 0.05) is 16.6 Å². The minimum absolute atomic E-state index is 0.0118. The molecule has 6 heteroatoms. The fraction of sp³-hybridized carbons (Fsp3) is 0.125. The molecule has 0 saturated heterocycles. The van der Waals surface area contributed by atoms with Crippen molar-refractivity contribution in [2.75, 3.05) is 5.32 Å². The van der Waals surface area contributed by atoms with Gasteiger partial charge in [-0.05, 0) is 53.6 Å². The van der Waals surface area contributed by atoms with E-state index in [2.05, 4.69) is 11.4 Å². The normalized spacial score (nSPS) is 12.9. The Balaban J connectivity index is 1.45. The number of amides is 1. The summed E-state index contributed by atoms with van der Waals surface area (Å²) in [5.41, 5.74) is 3.59. The number of sulfone groups is 1. The molecule has 3 aromatic carbocycles. The molecule has 5 rings (SSSR count). The summed E-state index contributed by atoms with van der Waals surface area (Å²) in [5, 5.41) is 5.09. The lowest BCUT2D eigenvalue weighted by molar-refractivity contribution is 0.0996. The third-order valence-electron chi connectivity index (χ3n) is 5.53. The van der Waals surface area contributed by atoms with E-state index in [4.69, 9.17) is 4.42 Å². The minimum atomic E-state index is -3.59. The largest absolute Gasteiger partial charge is 0.459 e. The molecule has 0 aliphatic heterocycles. The van der Waals surface area contributed by atoms with E-state index in [9.17, 15) is 13.2 Å². The zero-order chi connectivity index (χ0) is 20.7. The van der Waals surface area contributed by atoms with Gasteiger partial charge < -0.3 is 9.73 Å². The molecule has 30 heavy (non-hydrogen) atoms. The monoisotopic (exact) mass is 417 g/mol. The van der Waals surface area contributed by atoms with Gasteiger partial charge in [-0.15, -0.1) is 0 Å². The number of benzene rings is 3. The molecule has 1 heterocycles. The summed E-state index contributed by atoms with van der Waals surface area (Å²) in [7, 11) is -3.59. The number of rotatable bonds is 5. The molecule has 0 saturated carbocycles. The first kappa shape index (κ1) is 18.6. The molecule has 5 nitrogen and oxygen atoms in total. The summed E-state index contributed by atoms with van der Waals surface area (Å²) in [4.78, 5) is 13.2. The highest BCUT2D eigenvalue weighted by Crippen LogP contribution is 2.35. The third kappa shape index (κ3) is 3.19. The molecule has 0 radical (unpaired) electrons. The quantitative estimate of drug-likeness (QED) is 0.508. The van der Waals surface area contributed by atoms with Crippen molar-refractivity contribution in [1.29, 1.82) is 0 Å². The van der Waals surface area contributed by atoms with Crippen LogP contribution in [0.4, 0.5) is 5.69 Å². The molecule has 0 fully saturated rings. The van der Waals surface area contributed by atoms with Crippen LogP contribution in [0.15, 0.2) is 82.3 Å². The maximum Gasteiger partial charge on any atom is 0.291 e. The topological polar surface area (TPSA) is 76.4 Å². The predicted octanol–water partition coefficient (Wildman–Crippen LogP) is 4.76. The van der Waals surface area contributed by atoms with Gasteiger partial charge in [0.25, 0.3) is 5.91 Å². The molecule has 0 bridgehead atoms. The molecule has 0 spiro atoms. The second-order valence-corrected chi connectivity index (χ2v) is 9.40. The Morgan fingerprint density at radius 1 is 0.900 bits per heavy atom. The van der Waals surface area contributed by atoms with Gasteiger partial charge in [0.1, 0.15) is 0 Å². The van der Waals surface area contributed by atoms with E-state index in [0.29, 0.717) is 11.3 Å². The number of aryl methyl sites for hydroxylation is 2. The van der Waals surface area contributed by atoms with Gasteiger partial charge in [0.15, 0.2) is 15.6 Å². The van der Waals surface area contributed by atoms with E-state index in [-0.39, 0.29) is 16.4 Å². The molecular weight excluding hydrogens is 398 g/mol. The number of furan rings is 1. The van der Waals surface area contributed by atoms with Crippen LogP contribution < -0.4 is 5.32 Å². The number of hydrogen-bond acceptors (Lipinski definition) is 4. The lowest BCUT2D eigenvalue weighted by Crippen LogP contribution is -2.15. The summed E-state index contributed by atoms with van der Waals surface area (Å²) in [6.45, 7) is 0. The fourth-order valence-corrected chi connectivity index (χ4v) is 5.47. The van der Waals surface area contributed by atoms with Gasteiger partial charge >= 0.3 is 0 Å². The summed E-state index contributed by atoms with van der Waals surface area (Å²) in [5.74, 6) is -0.755. The van der Waals surface area contributed by atoms with Gasteiger partial charge in [0.05, 0.1) is 16.9 Å². The molecule has 1 N–H and O–H groups in total. The van der Waals surface area contributed by atoms with Crippen molar-refractivity contribution in [2.24, 2.45) is 0 Å². The molecule has 1 amide bonds. The Labute approximate surface area is 174 Å². The van der Waals surface area contributed by atoms with Crippen LogP contribution in [0.3, 0.4) is 0 Å². The van der Waals surface area contributed by atoms with Crippen LogP contribution in [0.25, 0.3) is 10.8 Å². The van der Waals surface area contributed by atoms with Crippen LogP contribution in [0.2, 0.25) is 0 Å². The molecule has 0 atom stereocenters. The number of hydrogen-bond donors (Lipinski definition) is 1. The molecular formula is C24H19NO4S. The number of carbonyl (C=O) groups excluding carboxylic acids is 1. The van der Waals surface area contributed by atoms with Crippen LogP contribution in [-0.4, -0.2) is 14.3 Å². The minimum Gasteiger partial charge on any atom is -0.459 e. The van der Waals surface area contributed by atoms with Gasteiger partial charge in [0.2, 0.25) is 0 Å². The summed E-state index contributed by atoms with van der Waals surface area (Å²) < 4.78 is 30.8. The van der Waals surface area contributed by atoms with Gasteiger partial charge in [-0.2, -0.15) is 0 Å². The highest BCUT2D eigenvalue weighted by molar-refractivity contribution is 7.90. The van der Waals surface area contributed by atoms with Gasteiger partial charge in [-0.1, -0.05) is 42.5 Å². The zero-order valence-electron chi connectivity index (χ0n) is 16.1. The second kappa shape index (κ2) is 7.15. The van der Waals surface area contributed by atoms with Crippen LogP contribution in [0, 0.1) is 0 Å². The SMILES string of the molecule is O=C(Nc1ccc2c3c(cccc13)CC2)c1occc1CS(=O)(=O)c1ccccc1. The van der Waals surface area contributed by atoms with E-state index >= 15 is 0 Å². The second-order valence-electron chi connectivity index (χ2n) is 7.41. The molecule has 1 aromatic heterocycles.